The Morgan fingerprint density at radius 3 is 2.78 bits per heavy atom. The Morgan fingerprint density at radius 1 is 1.09 bits per heavy atom. The molecule has 5 rings (SSSR count). The fourth-order valence-corrected chi connectivity index (χ4v) is 4.48. The van der Waals surface area contributed by atoms with Crippen LogP contribution in [0, 0.1) is 0 Å². The summed E-state index contributed by atoms with van der Waals surface area (Å²) in [5.41, 5.74) is 3.53. The van der Waals surface area contributed by atoms with Crippen molar-refractivity contribution in [1.29, 1.82) is 0 Å². The number of carbonyl (C=O) groups is 3. The van der Waals surface area contributed by atoms with Crippen LogP contribution in [-0.4, -0.2) is 35.8 Å². The molecule has 7 heteroatoms. The van der Waals surface area contributed by atoms with Crippen LogP contribution in [0.3, 0.4) is 0 Å². The summed E-state index contributed by atoms with van der Waals surface area (Å²) < 4.78 is 5.42. The Kier molecular flexibility index (Phi) is 5.01. The molecule has 2 aliphatic heterocycles. The van der Waals surface area contributed by atoms with Gasteiger partial charge in [0.15, 0.2) is 0 Å². The van der Waals surface area contributed by atoms with Crippen molar-refractivity contribution in [3.05, 3.63) is 71.3 Å². The number of nitrogens with one attached hydrogen (secondary N) is 2. The van der Waals surface area contributed by atoms with Crippen molar-refractivity contribution >= 4 is 34.2 Å². The first-order valence-corrected chi connectivity index (χ1v) is 10.6. The van der Waals surface area contributed by atoms with Gasteiger partial charge >= 0.3 is 0 Å². The van der Waals surface area contributed by atoms with E-state index < -0.39 is 11.9 Å². The molecular weight excluding hydrogens is 406 g/mol. The van der Waals surface area contributed by atoms with E-state index in [1.807, 2.05) is 24.3 Å². The summed E-state index contributed by atoms with van der Waals surface area (Å²) in [5.74, 6) is 0.0121. The van der Waals surface area contributed by atoms with E-state index in [1.54, 1.807) is 18.1 Å². The molecule has 7 nitrogen and oxygen atoms in total. The first-order valence-electron chi connectivity index (χ1n) is 10.6. The quantitative estimate of drug-likeness (QED) is 0.608. The lowest BCUT2D eigenvalue weighted by molar-refractivity contribution is -0.136. The third kappa shape index (κ3) is 3.56. The highest BCUT2D eigenvalue weighted by molar-refractivity contribution is 6.05. The van der Waals surface area contributed by atoms with Gasteiger partial charge in [-0.15, -0.1) is 0 Å². The van der Waals surface area contributed by atoms with Crippen LogP contribution >= 0.6 is 0 Å². The minimum Gasteiger partial charge on any atom is -0.496 e. The van der Waals surface area contributed by atoms with Crippen LogP contribution in [0.25, 0.3) is 10.8 Å². The van der Waals surface area contributed by atoms with E-state index in [9.17, 15) is 14.4 Å². The highest BCUT2D eigenvalue weighted by Crippen LogP contribution is 2.30. The SMILES string of the molecule is COc1cccc2cc(CNc3ccc4c(c3)CN(C3CCC(=O)NC3=O)C4=O)ccc12. The maximum Gasteiger partial charge on any atom is 0.255 e. The van der Waals surface area contributed by atoms with Gasteiger partial charge in [-0.1, -0.05) is 24.3 Å². The fraction of sp³-hybridized carbons (Fsp3) is 0.240. The number of rotatable bonds is 5. The van der Waals surface area contributed by atoms with Crippen LogP contribution < -0.4 is 15.4 Å². The van der Waals surface area contributed by atoms with Crippen molar-refractivity contribution < 1.29 is 19.1 Å². The van der Waals surface area contributed by atoms with Gasteiger partial charge in [-0.3, -0.25) is 19.7 Å². The predicted molar refractivity (Wildman–Crippen MR) is 120 cm³/mol. The zero-order chi connectivity index (χ0) is 22.2. The normalized spacial score (nSPS) is 18.0. The molecule has 0 bridgehead atoms. The van der Waals surface area contributed by atoms with Gasteiger partial charge < -0.3 is 15.0 Å². The van der Waals surface area contributed by atoms with Crippen LogP contribution in [0.15, 0.2) is 54.6 Å². The van der Waals surface area contributed by atoms with Gasteiger partial charge in [0, 0.05) is 36.1 Å². The third-order valence-electron chi connectivity index (χ3n) is 6.14. The summed E-state index contributed by atoms with van der Waals surface area (Å²) in [6.45, 7) is 1.00. The van der Waals surface area contributed by atoms with Gasteiger partial charge in [0.25, 0.3) is 5.91 Å². The lowest BCUT2D eigenvalue weighted by Crippen LogP contribution is -2.52. The van der Waals surface area contributed by atoms with E-state index in [0.29, 0.717) is 25.1 Å². The zero-order valence-electron chi connectivity index (χ0n) is 17.7. The molecule has 2 N–H and O–H groups in total. The summed E-state index contributed by atoms with van der Waals surface area (Å²) in [6.07, 6.45) is 0.614. The Hall–Kier alpha value is -3.87. The first kappa shape index (κ1) is 20.1. The van der Waals surface area contributed by atoms with Crippen molar-refractivity contribution in [2.75, 3.05) is 12.4 Å². The summed E-state index contributed by atoms with van der Waals surface area (Å²) in [7, 11) is 1.67. The molecule has 0 aromatic heterocycles. The van der Waals surface area contributed by atoms with Crippen molar-refractivity contribution in [2.45, 2.75) is 32.0 Å². The number of hydrogen-bond donors (Lipinski definition) is 2. The molecule has 0 aliphatic carbocycles. The third-order valence-corrected chi connectivity index (χ3v) is 6.14. The summed E-state index contributed by atoms with van der Waals surface area (Å²) >= 11 is 0. The van der Waals surface area contributed by atoms with E-state index in [1.165, 1.54) is 0 Å². The van der Waals surface area contributed by atoms with Gasteiger partial charge in [-0.05, 0) is 53.3 Å². The molecule has 32 heavy (non-hydrogen) atoms. The van der Waals surface area contributed by atoms with E-state index in [0.717, 1.165) is 33.3 Å². The number of carbonyl (C=O) groups excluding carboxylic acids is 3. The number of fused-ring (bicyclic) bond motifs is 2. The second-order valence-electron chi connectivity index (χ2n) is 8.14. The van der Waals surface area contributed by atoms with Crippen molar-refractivity contribution in [1.82, 2.24) is 10.2 Å². The van der Waals surface area contributed by atoms with Gasteiger partial charge in [0.2, 0.25) is 11.8 Å². The molecule has 0 spiro atoms. The van der Waals surface area contributed by atoms with E-state index in [4.69, 9.17) is 4.74 Å². The minimum absolute atomic E-state index is 0.162. The Bertz CT molecular complexity index is 1250. The molecule has 3 aromatic carbocycles. The van der Waals surface area contributed by atoms with Gasteiger partial charge in [0.05, 0.1) is 7.11 Å². The summed E-state index contributed by atoms with van der Waals surface area (Å²) in [4.78, 5) is 38.0. The van der Waals surface area contributed by atoms with Crippen molar-refractivity contribution in [3.63, 3.8) is 0 Å². The summed E-state index contributed by atoms with van der Waals surface area (Å²) in [5, 5.41) is 7.94. The number of methoxy groups -OCH3 is 1. The predicted octanol–water partition coefficient (Wildman–Crippen LogP) is 3.22. The molecule has 2 heterocycles. The maximum absolute atomic E-state index is 12.8. The Morgan fingerprint density at radius 2 is 1.97 bits per heavy atom. The second-order valence-corrected chi connectivity index (χ2v) is 8.14. The number of benzene rings is 3. The number of nitrogens with zero attached hydrogens (tertiary/aromatic N) is 1. The van der Waals surface area contributed by atoms with Gasteiger partial charge in [-0.25, -0.2) is 0 Å². The number of ether oxygens (including phenoxy) is 1. The topological polar surface area (TPSA) is 87.7 Å². The Labute approximate surface area is 185 Å². The van der Waals surface area contributed by atoms with Crippen LogP contribution in [0.5, 0.6) is 5.75 Å². The standard InChI is InChI=1S/C25H23N3O4/c1-32-22-4-2-3-16-11-15(5-7-19(16)22)13-26-18-6-8-20-17(12-18)14-28(25(20)31)21-9-10-23(29)27-24(21)30/h2-8,11-12,21,26H,9-10,13-14H2,1H3,(H,27,29,30). The van der Waals surface area contributed by atoms with E-state index >= 15 is 0 Å². The molecule has 3 amide bonds. The maximum atomic E-state index is 12.8. The van der Waals surface area contributed by atoms with Crippen molar-refractivity contribution in [2.24, 2.45) is 0 Å². The van der Waals surface area contributed by atoms with Gasteiger partial charge in [-0.2, -0.15) is 0 Å². The molecule has 1 saturated heterocycles. The monoisotopic (exact) mass is 429 g/mol. The average Bonchev–Trinajstić information content (AvgIpc) is 3.12. The van der Waals surface area contributed by atoms with Crippen LogP contribution in [0.1, 0.15) is 34.3 Å². The number of piperidine rings is 1. The lowest BCUT2D eigenvalue weighted by Gasteiger charge is -2.29. The molecule has 2 aliphatic rings. The number of amides is 3. The lowest BCUT2D eigenvalue weighted by atomic mass is 10.0. The zero-order valence-corrected chi connectivity index (χ0v) is 17.7. The molecule has 1 atom stereocenters. The van der Waals surface area contributed by atoms with Gasteiger partial charge in [0.1, 0.15) is 11.8 Å². The van der Waals surface area contributed by atoms with Crippen LogP contribution in [0.4, 0.5) is 5.69 Å². The van der Waals surface area contributed by atoms with E-state index in [2.05, 4.69) is 34.9 Å². The van der Waals surface area contributed by atoms with Crippen LogP contribution in [-0.2, 0) is 22.7 Å². The minimum atomic E-state index is -0.599. The largest absolute Gasteiger partial charge is 0.496 e. The molecule has 0 radical (unpaired) electrons. The number of anilines is 1. The summed E-state index contributed by atoms with van der Waals surface area (Å²) in [6, 6.07) is 17.3. The Balaban J connectivity index is 1.30. The molecule has 0 saturated carbocycles. The molecule has 162 valence electrons. The average molecular weight is 429 g/mol. The number of hydrogen-bond acceptors (Lipinski definition) is 5. The van der Waals surface area contributed by atoms with Crippen LogP contribution in [0.2, 0.25) is 0 Å². The van der Waals surface area contributed by atoms with E-state index in [-0.39, 0.29) is 18.2 Å². The first-order chi connectivity index (χ1) is 15.5. The highest BCUT2D eigenvalue weighted by Gasteiger charge is 2.39. The molecule has 1 fully saturated rings. The smallest absolute Gasteiger partial charge is 0.255 e. The number of imide groups is 1. The second kappa shape index (κ2) is 8.00. The highest BCUT2D eigenvalue weighted by atomic mass is 16.5. The van der Waals surface area contributed by atoms with Crippen molar-refractivity contribution in [3.8, 4) is 5.75 Å². The molecular formula is C25H23N3O4. The molecule has 1 unspecified atom stereocenters. The molecule has 3 aromatic rings. The fourth-order valence-electron chi connectivity index (χ4n) is 4.48.